The lowest BCUT2D eigenvalue weighted by atomic mass is 10.0. The fourth-order valence-corrected chi connectivity index (χ4v) is 3.26. The number of nitrogens with zero attached hydrogens (tertiary/aromatic N) is 2. The second-order valence-corrected chi connectivity index (χ2v) is 6.35. The maximum absolute atomic E-state index is 5.91. The molecule has 0 fully saturated rings. The van der Waals surface area contributed by atoms with Crippen LogP contribution in [0.15, 0.2) is 71.7 Å². The fourth-order valence-electron chi connectivity index (χ4n) is 3.26. The average molecular weight is 352 g/mol. The first-order chi connectivity index (χ1) is 13.2. The number of aryl methyl sites for hydroxylation is 1. The summed E-state index contributed by atoms with van der Waals surface area (Å²) in [7, 11) is 0. The Bertz CT molecular complexity index is 1150. The molecule has 0 atom stereocenters. The molecule has 0 spiro atoms. The zero-order valence-corrected chi connectivity index (χ0v) is 15.4. The number of hydrogen-bond donors (Lipinski definition) is 0. The Morgan fingerprint density at radius 2 is 1.67 bits per heavy atom. The maximum atomic E-state index is 5.91. The molecule has 2 aromatic heterocycles. The minimum atomic E-state index is 0.749. The Morgan fingerprint density at radius 3 is 2.37 bits per heavy atom. The number of furan rings is 1. The highest BCUT2D eigenvalue weighted by Crippen LogP contribution is 2.32. The van der Waals surface area contributed by atoms with Crippen LogP contribution in [0.2, 0.25) is 0 Å². The van der Waals surface area contributed by atoms with Crippen molar-refractivity contribution < 1.29 is 4.42 Å². The van der Waals surface area contributed by atoms with Gasteiger partial charge in [0.25, 0.3) is 0 Å². The van der Waals surface area contributed by atoms with Crippen molar-refractivity contribution >= 4 is 23.1 Å². The number of hydrogen-bond acceptors (Lipinski definition) is 3. The van der Waals surface area contributed by atoms with Crippen LogP contribution in [0.4, 0.5) is 0 Å². The van der Waals surface area contributed by atoms with E-state index in [4.69, 9.17) is 4.42 Å². The van der Waals surface area contributed by atoms with Crippen LogP contribution in [0, 0.1) is 6.92 Å². The molecule has 0 aliphatic carbocycles. The van der Waals surface area contributed by atoms with Crippen molar-refractivity contribution in [3.8, 4) is 22.5 Å². The molecule has 4 aromatic rings. The van der Waals surface area contributed by atoms with E-state index >= 15 is 0 Å². The summed E-state index contributed by atoms with van der Waals surface area (Å²) >= 11 is 0. The Labute approximate surface area is 158 Å². The van der Waals surface area contributed by atoms with Crippen LogP contribution in [0.3, 0.4) is 0 Å². The Balaban J connectivity index is 1.88. The van der Waals surface area contributed by atoms with E-state index in [0.717, 1.165) is 50.6 Å². The van der Waals surface area contributed by atoms with E-state index in [1.165, 1.54) is 0 Å². The number of allylic oxidation sites excluding steroid dienone is 1. The molecular weight excluding hydrogens is 332 g/mol. The zero-order chi connectivity index (χ0) is 18.8. The molecule has 0 aliphatic heterocycles. The molecule has 0 aliphatic rings. The van der Waals surface area contributed by atoms with Gasteiger partial charge in [-0.3, -0.25) is 0 Å². The van der Waals surface area contributed by atoms with Gasteiger partial charge in [0.2, 0.25) is 0 Å². The first-order valence-electron chi connectivity index (χ1n) is 8.93. The molecule has 27 heavy (non-hydrogen) atoms. The summed E-state index contributed by atoms with van der Waals surface area (Å²) in [5, 5.41) is 1.05. The molecule has 0 saturated heterocycles. The molecule has 132 valence electrons. The fraction of sp³-hybridized carbons (Fsp3) is 0.0833. The molecule has 3 nitrogen and oxygen atoms in total. The molecule has 0 unspecified atom stereocenters. The third kappa shape index (κ3) is 3.20. The van der Waals surface area contributed by atoms with Crippen LogP contribution in [0.1, 0.15) is 24.1 Å². The summed E-state index contributed by atoms with van der Waals surface area (Å²) in [5.41, 5.74) is 5.82. The standard InChI is InChI=1S/C24H20N2O/c1-4-9-19-20-14-18(12-13-24(20)27-23(19)5-2)22-15-21(25-16(3)26-22)17-10-7-6-8-11-17/h4-15H,2H2,1,3H3/b9-4-. The Hall–Kier alpha value is -3.46. The summed E-state index contributed by atoms with van der Waals surface area (Å²) < 4.78 is 5.91. The van der Waals surface area contributed by atoms with E-state index in [-0.39, 0.29) is 0 Å². The van der Waals surface area contributed by atoms with E-state index in [1.807, 2.05) is 62.4 Å². The van der Waals surface area contributed by atoms with E-state index in [9.17, 15) is 0 Å². The van der Waals surface area contributed by atoms with Gasteiger partial charge in [0.05, 0.1) is 11.4 Å². The van der Waals surface area contributed by atoms with Crippen LogP contribution in [-0.2, 0) is 0 Å². The summed E-state index contributed by atoms with van der Waals surface area (Å²) in [4.78, 5) is 9.26. The topological polar surface area (TPSA) is 38.9 Å². The molecule has 0 saturated carbocycles. The summed E-state index contributed by atoms with van der Waals surface area (Å²) in [6.07, 6.45) is 5.80. The lowest BCUT2D eigenvalue weighted by Crippen LogP contribution is -1.94. The largest absolute Gasteiger partial charge is 0.456 e. The second kappa shape index (κ2) is 7.04. The highest BCUT2D eigenvalue weighted by atomic mass is 16.3. The van der Waals surface area contributed by atoms with E-state index in [1.54, 1.807) is 6.08 Å². The second-order valence-electron chi connectivity index (χ2n) is 6.35. The van der Waals surface area contributed by atoms with Crippen molar-refractivity contribution in [3.05, 3.63) is 84.4 Å². The zero-order valence-electron chi connectivity index (χ0n) is 15.4. The minimum Gasteiger partial charge on any atom is -0.456 e. The van der Waals surface area contributed by atoms with Gasteiger partial charge in [-0.2, -0.15) is 0 Å². The monoisotopic (exact) mass is 352 g/mol. The van der Waals surface area contributed by atoms with Crippen LogP contribution < -0.4 is 0 Å². The van der Waals surface area contributed by atoms with Gasteiger partial charge in [-0.1, -0.05) is 49.1 Å². The quantitative estimate of drug-likeness (QED) is 0.418. The van der Waals surface area contributed by atoms with E-state index in [2.05, 4.69) is 34.7 Å². The van der Waals surface area contributed by atoms with Gasteiger partial charge < -0.3 is 4.42 Å². The van der Waals surface area contributed by atoms with Crippen LogP contribution >= 0.6 is 0 Å². The average Bonchev–Trinajstić information content (AvgIpc) is 3.05. The third-order valence-corrected chi connectivity index (χ3v) is 4.48. The lowest BCUT2D eigenvalue weighted by molar-refractivity contribution is 0.603. The van der Waals surface area contributed by atoms with Crippen molar-refractivity contribution in [2.45, 2.75) is 13.8 Å². The molecule has 4 rings (SSSR count). The molecule has 3 heteroatoms. The number of benzene rings is 2. The molecule has 0 amide bonds. The highest BCUT2D eigenvalue weighted by molar-refractivity contribution is 5.93. The minimum absolute atomic E-state index is 0.749. The van der Waals surface area contributed by atoms with Gasteiger partial charge in [0, 0.05) is 22.1 Å². The Morgan fingerprint density at radius 1 is 0.926 bits per heavy atom. The first-order valence-corrected chi connectivity index (χ1v) is 8.93. The van der Waals surface area contributed by atoms with Crippen molar-refractivity contribution in [1.29, 1.82) is 0 Å². The summed E-state index contributed by atoms with van der Waals surface area (Å²) in [5.74, 6) is 1.53. The van der Waals surface area contributed by atoms with Gasteiger partial charge in [-0.05, 0) is 44.2 Å². The van der Waals surface area contributed by atoms with Gasteiger partial charge in [-0.25, -0.2) is 9.97 Å². The van der Waals surface area contributed by atoms with Crippen LogP contribution in [0.5, 0.6) is 0 Å². The lowest BCUT2D eigenvalue weighted by Gasteiger charge is -2.07. The number of rotatable bonds is 4. The van der Waals surface area contributed by atoms with Crippen molar-refractivity contribution in [2.24, 2.45) is 0 Å². The van der Waals surface area contributed by atoms with Gasteiger partial charge in [-0.15, -0.1) is 0 Å². The highest BCUT2D eigenvalue weighted by Gasteiger charge is 2.12. The maximum Gasteiger partial charge on any atom is 0.135 e. The van der Waals surface area contributed by atoms with Crippen molar-refractivity contribution in [3.63, 3.8) is 0 Å². The van der Waals surface area contributed by atoms with E-state index in [0.29, 0.717) is 0 Å². The predicted molar refractivity (Wildman–Crippen MR) is 112 cm³/mol. The van der Waals surface area contributed by atoms with Gasteiger partial charge in [0.1, 0.15) is 17.2 Å². The predicted octanol–water partition coefficient (Wildman–Crippen LogP) is 6.54. The van der Waals surface area contributed by atoms with Crippen molar-refractivity contribution in [1.82, 2.24) is 9.97 Å². The molecule has 0 radical (unpaired) electrons. The van der Waals surface area contributed by atoms with Gasteiger partial charge in [0.15, 0.2) is 0 Å². The normalized spacial score (nSPS) is 11.3. The molecule has 0 N–H and O–H groups in total. The summed E-state index contributed by atoms with van der Waals surface area (Å²) in [6.45, 7) is 7.78. The molecule has 0 bridgehead atoms. The molecule has 2 aromatic carbocycles. The van der Waals surface area contributed by atoms with Crippen LogP contribution in [0.25, 0.3) is 45.6 Å². The van der Waals surface area contributed by atoms with E-state index < -0.39 is 0 Å². The van der Waals surface area contributed by atoms with Crippen molar-refractivity contribution in [2.75, 3.05) is 0 Å². The number of fused-ring (bicyclic) bond motifs is 1. The number of aromatic nitrogens is 2. The van der Waals surface area contributed by atoms with Crippen LogP contribution in [-0.4, -0.2) is 9.97 Å². The molecule has 2 heterocycles. The smallest absolute Gasteiger partial charge is 0.135 e. The third-order valence-electron chi connectivity index (χ3n) is 4.48. The SMILES string of the molecule is C=Cc1oc2ccc(-c3cc(-c4ccccc4)nc(C)n3)cc2c1/C=C\C. The Kier molecular flexibility index (Phi) is 4.43. The molecular formula is C24H20N2O. The summed E-state index contributed by atoms with van der Waals surface area (Å²) in [6, 6.07) is 18.3. The van der Waals surface area contributed by atoms with Gasteiger partial charge >= 0.3 is 0 Å². The first kappa shape index (κ1) is 17.0.